The zero-order valence-electron chi connectivity index (χ0n) is 14.9. The van der Waals surface area contributed by atoms with E-state index in [-0.39, 0.29) is 37.2 Å². The molecule has 26 heavy (non-hydrogen) atoms. The smallest absolute Gasteiger partial charge is 1.00 e. The second-order valence-corrected chi connectivity index (χ2v) is 7.02. The molecule has 0 radical (unpaired) electrons. The van der Waals surface area contributed by atoms with Crippen LogP contribution in [0.5, 0.6) is 0 Å². The Morgan fingerprint density at radius 1 is 0.846 bits per heavy atom. The molecule has 0 amide bonds. The molecule has 0 fully saturated rings. The number of hydrogen-bond donors (Lipinski definition) is 0. The second kappa shape index (κ2) is 12.8. The Labute approximate surface area is 188 Å². The normalized spacial score (nSPS) is 12.8. The van der Waals surface area contributed by atoms with Gasteiger partial charge in [0.2, 0.25) is 0 Å². The third kappa shape index (κ3) is 6.01. The topological polar surface area (TPSA) is 0 Å². The van der Waals surface area contributed by atoms with E-state index in [9.17, 15) is 0 Å². The van der Waals surface area contributed by atoms with Gasteiger partial charge < -0.3 is 37.2 Å². The van der Waals surface area contributed by atoms with Crippen LogP contribution in [0.4, 0.5) is 0 Å². The zero-order valence-corrected chi connectivity index (χ0v) is 18.7. The molecule has 0 saturated heterocycles. The fourth-order valence-electron chi connectivity index (χ4n) is 3.46. The van der Waals surface area contributed by atoms with Crippen molar-refractivity contribution in [2.45, 2.75) is 38.5 Å². The summed E-state index contributed by atoms with van der Waals surface area (Å²) >= 11 is 2.28. The first kappa shape index (κ1) is 25.5. The summed E-state index contributed by atoms with van der Waals surface area (Å²) in [4.78, 5) is 0. The summed E-state index contributed by atoms with van der Waals surface area (Å²) in [5.41, 5.74) is 6.02. The molecule has 0 nitrogen and oxygen atoms in total. The molecule has 0 saturated carbocycles. The van der Waals surface area contributed by atoms with E-state index in [0.29, 0.717) is 5.92 Å². The van der Waals surface area contributed by atoms with E-state index >= 15 is 0 Å². The third-order valence-corrected chi connectivity index (χ3v) is 5.42. The molecule has 136 valence electrons. The van der Waals surface area contributed by atoms with Crippen LogP contribution in [0.25, 0.3) is 0 Å². The van der Waals surface area contributed by atoms with Gasteiger partial charge in [-0.15, -0.1) is 0 Å². The molecule has 0 N–H and O–H groups in total. The summed E-state index contributed by atoms with van der Waals surface area (Å²) in [6.45, 7) is 2.28. The first-order valence-corrected chi connectivity index (χ1v) is 9.33. The standard InChI is InChI=1S/C22H23.3ClH.Ti/c1-2-3-11-18-16-10-17-21(18)22(19-12-6-4-7-13-19)20-14-8-5-9-15-20;;;;/h4-10,12-15,22H,2-3,11,17H2,1H3;3*1H;/q;;;;+3/p-3. The average molecular weight is 442 g/mol. The predicted octanol–water partition coefficient (Wildman–Crippen LogP) is -2.85. The molecule has 3 rings (SSSR count). The molecule has 2 aromatic carbocycles. The van der Waals surface area contributed by atoms with Crippen molar-refractivity contribution < 1.29 is 57.7 Å². The predicted molar refractivity (Wildman–Crippen MR) is 94.0 cm³/mol. The van der Waals surface area contributed by atoms with E-state index in [1.54, 1.807) is 11.1 Å². The van der Waals surface area contributed by atoms with Gasteiger partial charge in [0.25, 0.3) is 0 Å². The molecule has 1 aliphatic carbocycles. The summed E-state index contributed by atoms with van der Waals surface area (Å²) in [7, 11) is 0. The van der Waals surface area contributed by atoms with Crippen LogP contribution in [0, 0.1) is 0 Å². The van der Waals surface area contributed by atoms with Crippen LogP contribution in [-0.4, -0.2) is 0 Å². The molecule has 2 aromatic rings. The summed E-state index contributed by atoms with van der Waals surface area (Å²) < 4.78 is 1.49. The zero-order chi connectivity index (χ0) is 16.1. The molecule has 0 bridgehead atoms. The maximum absolute atomic E-state index is 2.42. The monoisotopic (exact) mass is 440 g/mol. The number of allylic oxidation sites excluding steroid dienone is 4. The van der Waals surface area contributed by atoms with Crippen LogP contribution in [0.15, 0.2) is 81.8 Å². The first-order valence-electron chi connectivity index (χ1n) is 8.55. The Balaban J connectivity index is 0.00000208. The Kier molecular flexibility index (Phi) is 12.6. The van der Waals surface area contributed by atoms with Gasteiger partial charge in [-0.1, -0.05) is 0 Å². The summed E-state index contributed by atoms with van der Waals surface area (Å²) in [6, 6.07) is 21.9. The molecular formula is C22H23Cl3Ti. The van der Waals surface area contributed by atoms with E-state index in [4.69, 9.17) is 0 Å². The van der Waals surface area contributed by atoms with Gasteiger partial charge in [0.15, 0.2) is 0 Å². The fraction of sp³-hybridized carbons (Fsp3) is 0.273. The van der Waals surface area contributed by atoms with Crippen molar-refractivity contribution >= 4 is 0 Å². The van der Waals surface area contributed by atoms with Crippen molar-refractivity contribution in [1.29, 1.82) is 0 Å². The summed E-state index contributed by atoms with van der Waals surface area (Å²) in [5.74, 6) is 0.387. The van der Waals surface area contributed by atoms with Crippen molar-refractivity contribution in [3.63, 3.8) is 0 Å². The van der Waals surface area contributed by atoms with Gasteiger partial charge in [-0.3, -0.25) is 0 Å². The van der Waals surface area contributed by atoms with Gasteiger partial charge in [-0.2, -0.15) is 0 Å². The third-order valence-electron chi connectivity index (χ3n) is 4.63. The van der Waals surface area contributed by atoms with Crippen LogP contribution in [0.3, 0.4) is 0 Å². The van der Waals surface area contributed by atoms with E-state index in [2.05, 4.69) is 94.1 Å². The van der Waals surface area contributed by atoms with E-state index in [1.807, 2.05) is 0 Å². The maximum Gasteiger partial charge on any atom is -1.00 e. The quantitative estimate of drug-likeness (QED) is 0.424. The van der Waals surface area contributed by atoms with Crippen LogP contribution in [0.1, 0.15) is 49.7 Å². The van der Waals surface area contributed by atoms with Gasteiger partial charge in [0.1, 0.15) is 0 Å². The minimum absolute atomic E-state index is 0. The Bertz CT molecular complexity index is 669. The average Bonchev–Trinajstić information content (AvgIpc) is 2.96. The first-order chi connectivity index (χ1) is 11.3. The van der Waals surface area contributed by atoms with Crippen molar-refractivity contribution in [1.82, 2.24) is 0 Å². The number of hydrogen-bond acceptors (Lipinski definition) is 0. The molecule has 0 atom stereocenters. The fourth-order valence-corrected chi connectivity index (χ4v) is 4.06. The number of halogens is 3. The Hall–Kier alpha value is -0.496. The van der Waals surface area contributed by atoms with Crippen molar-refractivity contribution in [2.75, 3.05) is 0 Å². The van der Waals surface area contributed by atoms with Gasteiger partial charge >= 0.3 is 152 Å². The molecule has 0 aromatic heterocycles. The van der Waals surface area contributed by atoms with Gasteiger partial charge in [0.05, 0.1) is 0 Å². The molecule has 0 heterocycles. The number of unbranched alkanes of at least 4 members (excludes halogenated alkanes) is 1. The maximum atomic E-state index is 2.42. The summed E-state index contributed by atoms with van der Waals surface area (Å²) in [6.07, 6.45) is 7.26. The van der Waals surface area contributed by atoms with E-state index in [1.165, 1.54) is 34.3 Å². The molecule has 1 aliphatic rings. The van der Waals surface area contributed by atoms with Crippen LogP contribution in [0.2, 0.25) is 0 Å². The van der Waals surface area contributed by atoms with Crippen molar-refractivity contribution in [3.05, 3.63) is 92.9 Å². The Morgan fingerprint density at radius 2 is 1.35 bits per heavy atom. The van der Waals surface area contributed by atoms with Gasteiger partial charge in [0, 0.05) is 0 Å². The second-order valence-electron chi connectivity index (χ2n) is 6.18. The van der Waals surface area contributed by atoms with Crippen molar-refractivity contribution in [3.8, 4) is 0 Å². The largest absolute Gasteiger partial charge is 1.00 e. The number of rotatable bonds is 6. The van der Waals surface area contributed by atoms with E-state index < -0.39 is 0 Å². The van der Waals surface area contributed by atoms with Crippen LogP contribution < -0.4 is 37.2 Å². The molecule has 0 aliphatic heterocycles. The van der Waals surface area contributed by atoms with E-state index in [0.717, 1.165) is 6.42 Å². The van der Waals surface area contributed by atoms with Gasteiger partial charge in [-0.05, 0) is 0 Å². The summed E-state index contributed by atoms with van der Waals surface area (Å²) in [5, 5.41) is 0. The Morgan fingerprint density at radius 3 is 1.81 bits per heavy atom. The molecule has 0 spiro atoms. The van der Waals surface area contributed by atoms with Crippen LogP contribution >= 0.6 is 0 Å². The SMILES string of the molecule is CCCCC1=C(C(c2ccccc2)c2ccccc2)CC=[C]1[Ti+3].[Cl-].[Cl-].[Cl-]. The molecular weight excluding hydrogens is 418 g/mol. The van der Waals surface area contributed by atoms with Crippen LogP contribution in [-0.2, 0) is 20.4 Å². The minimum Gasteiger partial charge on any atom is -1.00 e. The molecule has 0 unspecified atom stereocenters. The van der Waals surface area contributed by atoms with Gasteiger partial charge in [-0.25, -0.2) is 0 Å². The van der Waals surface area contributed by atoms with Crippen molar-refractivity contribution in [2.24, 2.45) is 0 Å². The molecule has 4 heteroatoms. The minimum atomic E-state index is 0. The number of benzene rings is 2.